The van der Waals surface area contributed by atoms with E-state index in [0.717, 1.165) is 5.56 Å². The SMILES string of the molecule is Cc1ccc(NC(=O)c2cc(Cl)ccc2N)nc1. The average molecular weight is 262 g/mol. The molecule has 0 aliphatic heterocycles. The lowest BCUT2D eigenvalue weighted by molar-refractivity contribution is 0.102. The summed E-state index contributed by atoms with van der Waals surface area (Å²) in [7, 11) is 0. The minimum absolute atomic E-state index is 0.327. The second kappa shape index (κ2) is 5.06. The standard InChI is InChI=1S/C13H12ClN3O/c1-8-2-5-12(16-7-8)17-13(18)10-6-9(14)3-4-11(10)15/h2-7H,15H2,1H3,(H,16,17,18). The molecule has 0 aliphatic rings. The summed E-state index contributed by atoms with van der Waals surface area (Å²) in [5.41, 5.74) is 7.47. The molecule has 0 fully saturated rings. The van der Waals surface area contributed by atoms with Crippen LogP contribution in [0.5, 0.6) is 0 Å². The molecule has 0 atom stereocenters. The first-order chi connectivity index (χ1) is 8.56. The fourth-order valence-electron chi connectivity index (χ4n) is 1.45. The van der Waals surface area contributed by atoms with Gasteiger partial charge in [-0.15, -0.1) is 0 Å². The molecule has 0 spiro atoms. The van der Waals surface area contributed by atoms with Crippen LogP contribution in [0.4, 0.5) is 11.5 Å². The van der Waals surface area contributed by atoms with Gasteiger partial charge >= 0.3 is 0 Å². The summed E-state index contributed by atoms with van der Waals surface area (Å²) in [5.74, 6) is 0.149. The van der Waals surface area contributed by atoms with Gasteiger partial charge in [0.2, 0.25) is 0 Å². The average Bonchev–Trinajstić information content (AvgIpc) is 2.35. The molecule has 5 heteroatoms. The van der Waals surface area contributed by atoms with Crippen LogP contribution in [0.2, 0.25) is 5.02 Å². The highest BCUT2D eigenvalue weighted by Gasteiger charge is 2.10. The highest BCUT2D eigenvalue weighted by atomic mass is 35.5. The molecule has 0 aliphatic carbocycles. The van der Waals surface area contributed by atoms with E-state index in [4.69, 9.17) is 17.3 Å². The van der Waals surface area contributed by atoms with Crippen molar-refractivity contribution >= 4 is 29.0 Å². The summed E-state index contributed by atoms with van der Waals surface area (Å²) in [4.78, 5) is 16.1. The molecule has 1 heterocycles. The second-order valence-corrected chi connectivity index (χ2v) is 4.34. The number of hydrogen-bond donors (Lipinski definition) is 2. The lowest BCUT2D eigenvalue weighted by Gasteiger charge is -2.07. The number of aryl methyl sites for hydroxylation is 1. The number of carbonyl (C=O) groups is 1. The Morgan fingerprint density at radius 3 is 2.78 bits per heavy atom. The van der Waals surface area contributed by atoms with Gasteiger partial charge in [-0.2, -0.15) is 0 Å². The number of nitrogen functional groups attached to an aromatic ring is 1. The van der Waals surface area contributed by atoms with Crippen LogP contribution in [0, 0.1) is 6.92 Å². The third-order valence-corrected chi connectivity index (χ3v) is 2.65. The molecule has 0 saturated carbocycles. The van der Waals surface area contributed by atoms with Crippen molar-refractivity contribution in [3.63, 3.8) is 0 Å². The zero-order chi connectivity index (χ0) is 13.1. The Bertz CT molecular complexity index is 581. The van der Waals surface area contributed by atoms with E-state index in [2.05, 4.69) is 10.3 Å². The number of pyridine rings is 1. The van der Waals surface area contributed by atoms with Crippen molar-refractivity contribution < 1.29 is 4.79 Å². The second-order valence-electron chi connectivity index (χ2n) is 3.91. The molecule has 3 N–H and O–H groups in total. The monoisotopic (exact) mass is 261 g/mol. The Kier molecular flexibility index (Phi) is 3.48. The molecule has 18 heavy (non-hydrogen) atoms. The first kappa shape index (κ1) is 12.4. The number of benzene rings is 1. The van der Waals surface area contributed by atoms with E-state index in [-0.39, 0.29) is 5.91 Å². The molecule has 0 unspecified atom stereocenters. The van der Waals surface area contributed by atoms with Crippen LogP contribution in [0.1, 0.15) is 15.9 Å². The van der Waals surface area contributed by atoms with Crippen molar-refractivity contribution in [2.24, 2.45) is 0 Å². The molecule has 0 radical (unpaired) electrons. The first-order valence-electron chi connectivity index (χ1n) is 5.35. The van der Waals surface area contributed by atoms with Gasteiger partial charge in [0.1, 0.15) is 5.82 Å². The zero-order valence-corrected chi connectivity index (χ0v) is 10.5. The summed E-state index contributed by atoms with van der Waals surface area (Å²) in [5, 5.41) is 3.13. The predicted octanol–water partition coefficient (Wildman–Crippen LogP) is 2.88. The molecular formula is C13H12ClN3O. The van der Waals surface area contributed by atoms with Gasteiger partial charge in [0.25, 0.3) is 5.91 Å². The maximum absolute atomic E-state index is 12.0. The van der Waals surface area contributed by atoms with Gasteiger partial charge in [-0.1, -0.05) is 17.7 Å². The number of hydrogen-bond acceptors (Lipinski definition) is 3. The van der Waals surface area contributed by atoms with E-state index < -0.39 is 0 Å². The van der Waals surface area contributed by atoms with Crippen molar-refractivity contribution in [3.05, 3.63) is 52.7 Å². The Morgan fingerprint density at radius 2 is 2.11 bits per heavy atom. The fraction of sp³-hybridized carbons (Fsp3) is 0.0769. The Morgan fingerprint density at radius 1 is 1.33 bits per heavy atom. The van der Waals surface area contributed by atoms with Crippen LogP contribution in [0.25, 0.3) is 0 Å². The predicted molar refractivity (Wildman–Crippen MR) is 72.8 cm³/mol. The van der Waals surface area contributed by atoms with Crippen molar-refractivity contribution in [1.29, 1.82) is 0 Å². The molecule has 92 valence electrons. The van der Waals surface area contributed by atoms with Crippen LogP contribution >= 0.6 is 11.6 Å². The van der Waals surface area contributed by atoms with Gasteiger partial charge in [-0.3, -0.25) is 4.79 Å². The van der Waals surface area contributed by atoms with Gasteiger partial charge in [0.15, 0.2) is 0 Å². The normalized spacial score (nSPS) is 10.1. The lowest BCUT2D eigenvalue weighted by atomic mass is 10.1. The maximum Gasteiger partial charge on any atom is 0.258 e. The van der Waals surface area contributed by atoms with Crippen molar-refractivity contribution in [1.82, 2.24) is 4.98 Å². The molecule has 2 rings (SSSR count). The number of nitrogens with one attached hydrogen (secondary N) is 1. The highest BCUT2D eigenvalue weighted by Crippen LogP contribution is 2.19. The molecule has 0 bridgehead atoms. The molecule has 1 aromatic carbocycles. The molecule has 1 amide bonds. The summed E-state index contributed by atoms with van der Waals surface area (Å²) < 4.78 is 0. The Hall–Kier alpha value is -2.07. The zero-order valence-electron chi connectivity index (χ0n) is 9.77. The van der Waals surface area contributed by atoms with E-state index in [1.807, 2.05) is 13.0 Å². The molecule has 4 nitrogen and oxygen atoms in total. The van der Waals surface area contributed by atoms with Gasteiger partial charge in [0.05, 0.1) is 5.56 Å². The number of carbonyl (C=O) groups excluding carboxylic acids is 1. The van der Waals surface area contributed by atoms with Gasteiger partial charge < -0.3 is 11.1 Å². The molecular weight excluding hydrogens is 250 g/mol. The fourth-order valence-corrected chi connectivity index (χ4v) is 1.62. The summed E-state index contributed by atoms with van der Waals surface area (Å²) in [6.45, 7) is 1.92. The van der Waals surface area contributed by atoms with Crippen LogP contribution in [-0.2, 0) is 0 Å². The minimum Gasteiger partial charge on any atom is -0.398 e. The van der Waals surface area contributed by atoms with E-state index >= 15 is 0 Å². The molecule has 1 aromatic heterocycles. The maximum atomic E-state index is 12.0. The number of amides is 1. The third-order valence-electron chi connectivity index (χ3n) is 2.41. The smallest absolute Gasteiger partial charge is 0.258 e. The van der Waals surface area contributed by atoms with E-state index in [0.29, 0.717) is 22.1 Å². The van der Waals surface area contributed by atoms with E-state index in [1.54, 1.807) is 24.4 Å². The minimum atomic E-state index is -0.327. The highest BCUT2D eigenvalue weighted by molar-refractivity contribution is 6.31. The van der Waals surface area contributed by atoms with Crippen molar-refractivity contribution in [2.75, 3.05) is 11.1 Å². The van der Waals surface area contributed by atoms with E-state index in [9.17, 15) is 4.79 Å². The van der Waals surface area contributed by atoms with Crippen LogP contribution in [-0.4, -0.2) is 10.9 Å². The topological polar surface area (TPSA) is 68.0 Å². The Labute approximate surface area is 110 Å². The summed E-state index contributed by atoms with van der Waals surface area (Å²) in [6, 6.07) is 8.36. The number of nitrogens with two attached hydrogens (primary N) is 1. The number of aromatic nitrogens is 1. The van der Waals surface area contributed by atoms with Crippen molar-refractivity contribution in [3.8, 4) is 0 Å². The third kappa shape index (κ3) is 2.78. The lowest BCUT2D eigenvalue weighted by Crippen LogP contribution is -2.14. The van der Waals surface area contributed by atoms with Crippen molar-refractivity contribution in [2.45, 2.75) is 6.92 Å². The molecule has 2 aromatic rings. The number of nitrogens with zero attached hydrogens (tertiary/aromatic N) is 1. The van der Waals surface area contributed by atoms with E-state index in [1.165, 1.54) is 6.07 Å². The van der Waals surface area contributed by atoms with Crippen LogP contribution in [0.15, 0.2) is 36.5 Å². The Balaban J connectivity index is 2.21. The summed E-state index contributed by atoms with van der Waals surface area (Å²) in [6.07, 6.45) is 1.68. The van der Waals surface area contributed by atoms with Gasteiger partial charge in [0, 0.05) is 16.9 Å². The number of rotatable bonds is 2. The number of anilines is 2. The summed E-state index contributed by atoms with van der Waals surface area (Å²) >= 11 is 5.83. The number of halogens is 1. The van der Waals surface area contributed by atoms with Gasteiger partial charge in [-0.25, -0.2) is 4.98 Å². The first-order valence-corrected chi connectivity index (χ1v) is 5.73. The van der Waals surface area contributed by atoms with Crippen LogP contribution in [0.3, 0.4) is 0 Å². The van der Waals surface area contributed by atoms with Gasteiger partial charge in [-0.05, 0) is 36.8 Å². The molecule has 0 saturated heterocycles. The quantitative estimate of drug-likeness (QED) is 0.817. The largest absolute Gasteiger partial charge is 0.398 e. The van der Waals surface area contributed by atoms with Crippen LogP contribution < -0.4 is 11.1 Å².